The predicted octanol–water partition coefficient (Wildman–Crippen LogP) is 3.66. The van der Waals surface area contributed by atoms with Gasteiger partial charge in [0.1, 0.15) is 12.0 Å². The van der Waals surface area contributed by atoms with Crippen LogP contribution in [0.4, 0.5) is 11.5 Å². The Balaban J connectivity index is 1.95. The molecule has 1 aliphatic carbocycles. The molecule has 0 bridgehead atoms. The second-order valence-corrected chi connectivity index (χ2v) is 5.49. The predicted molar refractivity (Wildman–Crippen MR) is 73.8 cm³/mol. The van der Waals surface area contributed by atoms with Crippen LogP contribution >= 0.6 is 15.9 Å². The van der Waals surface area contributed by atoms with Crippen molar-refractivity contribution in [2.45, 2.75) is 32.6 Å². The molecule has 0 radical (unpaired) electrons. The normalized spacial score (nSPS) is 14.6. The fraction of sp³-hybridized carbons (Fsp3) is 0.583. The summed E-state index contributed by atoms with van der Waals surface area (Å²) in [6, 6.07) is 0. The molecule has 1 aromatic heterocycles. The van der Waals surface area contributed by atoms with Gasteiger partial charge in [-0.1, -0.05) is 12.8 Å². The molecule has 98 valence electrons. The van der Waals surface area contributed by atoms with Crippen LogP contribution in [-0.2, 0) is 0 Å². The first-order valence-electron chi connectivity index (χ1n) is 6.13. The number of anilines is 1. The Morgan fingerprint density at radius 3 is 2.94 bits per heavy atom. The lowest BCUT2D eigenvalue weighted by Gasteiger charge is -2.09. The molecular weight excluding hydrogens is 298 g/mol. The molecule has 1 aliphatic rings. The zero-order valence-electron chi connectivity index (χ0n) is 10.3. The van der Waals surface area contributed by atoms with Crippen molar-refractivity contribution < 1.29 is 4.92 Å². The van der Waals surface area contributed by atoms with Gasteiger partial charge >= 0.3 is 0 Å². The lowest BCUT2D eigenvalue weighted by atomic mass is 10.2. The number of nitrogens with zero attached hydrogens (tertiary/aromatic N) is 2. The summed E-state index contributed by atoms with van der Waals surface area (Å²) in [5.74, 6) is 1.62. The summed E-state index contributed by atoms with van der Waals surface area (Å²) in [7, 11) is 0. The Hall–Kier alpha value is -1.17. The van der Waals surface area contributed by atoms with Crippen molar-refractivity contribution in [3.8, 4) is 0 Å². The first-order valence-corrected chi connectivity index (χ1v) is 6.92. The summed E-state index contributed by atoms with van der Waals surface area (Å²) in [5, 5.41) is 14.0. The summed E-state index contributed by atoms with van der Waals surface area (Å²) in [6.45, 7) is 2.58. The molecule has 0 atom stereocenters. The fourth-order valence-electron chi connectivity index (χ4n) is 1.88. The van der Waals surface area contributed by atoms with Crippen molar-refractivity contribution in [1.29, 1.82) is 0 Å². The van der Waals surface area contributed by atoms with Crippen LogP contribution in [0.1, 0.15) is 31.2 Å². The second kappa shape index (κ2) is 5.65. The van der Waals surface area contributed by atoms with Crippen LogP contribution in [0.2, 0.25) is 0 Å². The number of hydrogen-bond acceptors (Lipinski definition) is 4. The molecule has 18 heavy (non-hydrogen) atoms. The minimum atomic E-state index is -0.413. The molecule has 0 unspecified atom stereocenters. The van der Waals surface area contributed by atoms with Gasteiger partial charge in [0, 0.05) is 12.1 Å². The molecule has 1 heterocycles. The van der Waals surface area contributed by atoms with Crippen LogP contribution < -0.4 is 5.32 Å². The highest BCUT2D eigenvalue weighted by Gasteiger charge is 2.20. The SMILES string of the molecule is Cc1c([N+](=O)[O-])cnc(NCCCC2CC2)c1Br. The third-order valence-electron chi connectivity index (χ3n) is 3.21. The van der Waals surface area contributed by atoms with E-state index < -0.39 is 4.92 Å². The van der Waals surface area contributed by atoms with E-state index in [9.17, 15) is 10.1 Å². The van der Waals surface area contributed by atoms with Gasteiger partial charge in [-0.05, 0) is 41.6 Å². The number of rotatable bonds is 6. The van der Waals surface area contributed by atoms with E-state index in [1.165, 1.54) is 25.5 Å². The molecule has 0 saturated heterocycles. The summed E-state index contributed by atoms with van der Waals surface area (Å²) < 4.78 is 0.683. The quantitative estimate of drug-likeness (QED) is 0.494. The summed E-state index contributed by atoms with van der Waals surface area (Å²) >= 11 is 3.36. The molecule has 1 fully saturated rings. The maximum atomic E-state index is 10.8. The van der Waals surface area contributed by atoms with Crippen molar-refractivity contribution in [2.75, 3.05) is 11.9 Å². The van der Waals surface area contributed by atoms with Gasteiger partial charge in [0.05, 0.1) is 9.40 Å². The molecule has 0 spiro atoms. The topological polar surface area (TPSA) is 68.1 Å². The highest BCUT2D eigenvalue weighted by molar-refractivity contribution is 9.10. The minimum absolute atomic E-state index is 0.0467. The van der Waals surface area contributed by atoms with E-state index in [0.29, 0.717) is 15.9 Å². The van der Waals surface area contributed by atoms with E-state index in [2.05, 4.69) is 26.2 Å². The molecule has 1 saturated carbocycles. The Morgan fingerprint density at radius 2 is 2.33 bits per heavy atom. The number of hydrogen-bond donors (Lipinski definition) is 1. The number of nitro groups is 1. The minimum Gasteiger partial charge on any atom is -0.369 e. The molecule has 0 aromatic carbocycles. The molecule has 0 aliphatic heterocycles. The number of nitrogens with one attached hydrogen (secondary N) is 1. The Labute approximate surface area is 114 Å². The summed E-state index contributed by atoms with van der Waals surface area (Å²) in [4.78, 5) is 14.4. The van der Waals surface area contributed by atoms with Gasteiger partial charge in [-0.2, -0.15) is 0 Å². The molecule has 0 amide bonds. The number of aromatic nitrogens is 1. The number of pyridine rings is 1. The summed E-state index contributed by atoms with van der Waals surface area (Å²) in [5.41, 5.74) is 0.657. The van der Waals surface area contributed by atoms with Crippen LogP contribution in [0.25, 0.3) is 0 Å². The molecule has 5 nitrogen and oxygen atoms in total. The van der Waals surface area contributed by atoms with Crippen molar-refractivity contribution in [1.82, 2.24) is 4.98 Å². The van der Waals surface area contributed by atoms with E-state index in [1.807, 2.05) is 0 Å². The molecular formula is C12H16BrN3O2. The standard InChI is InChI=1S/C12H16BrN3O2/c1-8-10(16(17)18)7-15-12(11(8)13)14-6-2-3-9-4-5-9/h7,9H,2-6H2,1H3,(H,14,15). The third-order valence-corrected chi connectivity index (χ3v) is 4.18. The third kappa shape index (κ3) is 3.19. The lowest BCUT2D eigenvalue weighted by Crippen LogP contribution is -2.06. The van der Waals surface area contributed by atoms with Crippen molar-refractivity contribution in [2.24, 2.45) is 5.92 Å². The van der Waals surface area contributed by atoms with E-state index >= 15 is 0 Å². The number of halogens is 1. The second-order valence-electron chi connectivity index (χ2n) is 4.70. The van der Waals surface area contributed by atoms with Gasteiger partial charge in [-0.3, -0.25) is 10.1 Å². The van der Waals surface area contributed by atoms with Crippen molar-refractivity contribution in [3.63, 3.8) is 0 Å². The van der Waals surface area contributed by atoms with E-state index in [1.54, 1.807) is 6.92 Å². The Bertz CT molecular complexity index is 461. The van der Waals surface area contributed by atoms with E-state index in [0.717, 1.165) is 18.9 Å². The van der Waals surface area contributed by atoms with Gasteiger partial charge < -0.3 is 5.32 Å². The lowest BCUT2D eigenvalue weighted by molar-refractivity contribution is -0.385. The molecule has 2 rings (SSSR count). The molecule has 1 aromatic rings. The zero-order chi connectivity index (χ0) is 13.1. The van der Waals surface area contributed by atoms with Crippen LogP contribution in [0.3, 0.4) is 0 Å². The smallest absolute Gasteiger partial charge is 0.291 e. The molecule has 6 heteroatoms. The molecule has 1 N–H and O–H groups in total. The maximum absolute atomic E-state index is 10.8. The van der Waals surface area contributed by atoms with Crippen molar-refractivity contribution >= 4 is 27.4 Å². The Morgan fingerprint density at radius 1 is 1.61 bits per heavy atom. The average Bonchev–Trinajstić information content (AvgIpc) is 3.13. The van der Waals surface area contributed by atoms with Gasteiger partial charge in [-0.15, -0.1) is 0 Å². The van der Waals surface area contributed by atoms with Gasteiger partial charge in [0.25, 0.3) is 5.69 Å². The first kappa shape index (κ1) is 13.3. The average molecular weight is 314 g/mol. The first-order chi connectivity index (χ1) is 8.59. The van der Waals surface area contributed by atoms with Gasteiger partial charge in [0.2, 0.25) is 0 Å². The zero-order valence-corrected chi connectivity index (χ0v) is 11.9. The van der Waals surface area contributed by atoms with E-state index in [-0.39, 0.29) is 5.69 Å². The monoisotopic (exact) mass is 313 g/mol. The van der Waals surface area contributed by atoms with Gasteiger partial charge in [-0.25, -0.2) is 4.98 Å². The highest BCUT2D eigenvalue weighted by atomic mass is 79.9. The largest absolute Gasteiger partial charge is 0.369 e. The van der Waals surface area contributed by atoms with Gasteiger partial charge in [0.15, 0.2) is 0 Å². The van der Waals surface area contributed by atoms with Crippen LogP contribution in [-0.4, -0.2) is 16.5 Å². The highest BCUT2D eigenvalue weighted by Crippen LogP contribution is 2.34. The maximum Gasteiger partial charge on any atom is 0.291 e. The van der Waals surface area contributed by atoms with Crippen LogP contribution in [0, 0.1) is 23.0 Å². The van der Waals surface area contributed by atoms with E-state index in [4.69, 9.17) is 0 Å². The van der Waals surface area contributed by atoms with Crippen LogP contribution in [0.15, 0.2) is 10.7 Å². The summed E-state index contributed by atoms with van der Waals surface area (Å²) in [6.07, 6.45) is 6.44. The Kier molecular flexibility index (Phi) is 4.16. The fourth-order valence-corrected chi connectivity index (χ4v) is 2.33. The van der Waals surface area contributed by atoms with Crippen LogP contribution in [0.5, 0.6) is 0 Å². The van der Waals surface area contributed by atoms with Crippen molar-refractivity contribution in [3.05, 3.63) is 26.3 Å².